The second-order valence-electron chi connectivity index (χ2n) is 11.7. The zero-order valence-electron chi connectivity index (χ0n) is 24.1. The van der Waals surface area contributed by atoms with Gasteiger partial charge in [0.1, 0.15) is 24.1 Å². The van der Waals surface area contributed by atoms with E-state index >= 15 is 0 Å². The minimum Gasteiger partial charge on any atom is -0.494 e. The Labute approximate surface area is 259 Å². The van der Waals surface area contributed by atoms with Gasteiger partial charge in [0, 0.05) is 29.4 Å². The fourth-order valence-corrected chi connectivity index (χ4v) is 6.27. The summed E-state index contributed by atoms with van der Waals surface area (Å²) in [5.41, 5.74) is 3.03. The Balaban J connectivity index is 1.22. The van der Waals surface area contributed by atoms with Gasteiger partial charge < -0.3 is 19.4 Å². The lowest BCUT2D eigenvalue weighted by Gasteiger charge is -2.35. The summed E-state index contributed by atoms with van der Waals surface area (Å²) < 4.78 is 11.8. The largest absolute Gasteiger partial charge is 0.494 e. The first-order valence-electron chi connectivity index (χ1n) is 14.5. The molecule has 1 saturated heterocycles. The number of alkyl halides is 2. The van der Waals surface area contributed by atoms with Gasteiger partial charge >= 0.3 is 12.1 Å². The molecule has 3 heterocycles. The lowest BCUT2D eigenvalue weighted by atomic mass is 9.92. The van der Waals surface area contributed by atoms with E-state index in [1.54, 1.807) is 11.0 Å². The van der Waals surface area contributed by atoms with E-state index in [4.69, 9.17) is 32.7 Å². The Morgan fingerprint density at radius 2 is 1.98 bits per heavy atom. The zero-order chi connectivity index (χ0) is 30.3. The van der Waals surface area contributed by atoms with Crippen LogP contribution in [0.25, 0.3) is 12.2 Å². The minimum atomic E-state index is -0.488. The molecule has 4 aliphatic rings. The van der Waals surface area contributed by atoms with Crippen LogP contribution in [0.3, 0.4) is 0 Å². The van der Waals surface area contributed by atoms with Crippen molar-refractivity contribution in [2.75, 3.05) is 26.2 Å². The second-order valence-corrected chi connectivity index (χ2v) is 13.0. The second kappa shape index (κ2) is 11.8. The number of hydrogen-bond donors (Lipinski definition) is 2. The molecule has 2 aliphatic carbocycles. The molecule has 9 nitrogen and oxygen atoms in total. The number of amides is 4. The number of benzene rings is 1. The van der Waals surface area contributed by atoms with Gasteiger partial charge in [-0.2, -0.15) is 0 Å². The Bertz CT molecular complexity index is 1630. The third kappa shape index (κ3) is 6.19. The smallest absolute Gasteiger partial charge is 0.416 e. The molecule has 0 bridgehead atoms. The number of imide groups is 1. The highest BCUT2D eigenvalue weighted by Crippen LogP contribution is 2.35. The Morgan fingerprint density at radius 3 is 2.67 bits per heavy atom. The quantitative estimate of drug-likeness (QED) is 0.274. The molecule has 0 spiro atoms. The van der Waals surface area contributed by atoms with Crippen LogP contribution in [0, 0.1) is 5.92 Å². The number of urea groups is 1. The van der Waals surface area contributed by atoms with Crippen LogP contribution in [0.4, 0.5) is 9.59 Å². The van der Waals surface area contributed by atoms with Crippen LogP contribution < -0.4 is 20.6 Å². The molecule has 4 amide bonds. The molecule has 1 aromatic carbocycles. The summed E-state index contributed by atoms with van der Waals surface area (Å²) in [5, 5.41) is 4.32. The summed E-state index contributed by atoms with van der Waals surface area (Å²) in [6, 6.07) is 6.91. The van der Waals surface area contributed by atoms with Crippen molar-refractivity contribution < 1.29 is 23.9 Å². The van der Waals surface area contributed by atoms with E-state index in [1.165, 1.54) is 4.90 Å². The number of H-pyrrole nitrogens is 1. The van der Waals surface area contributed by atoms with E-state index in [9.17, 15) is 14.4 Å². The normalized spacial score (nSPS) is 26.1. The Hall–Kier alpha value is -3.69. The lowest BCUT2D eigenvalue weighted by Crippen LogP contribution is -2.42. The standard InChI is InChI=1S/C32H34Cl2N4O5/c1-19-16-26-24(17-25(19)33)23-10-14-38(31(41)43-22-8-11-32(2,34)12-9-22)29(28(23)35-26)20-4-6-21(7-5-20)42-15-3-13-37-18-27(39)36-30(37)40/h4-9,11,16-17,19,25,29,35H,3,10,12-15,18H2,1-2H3,(H,36,39,40). The minimum absolute atomic E-state index is 0.0810. The molecule has 43 heavy (non-hydrogen) atoms. The fourth-order valence-electron chi connectivity index (χ4n) is 5.93. The Morgan fingerprint density at radius 1 is 1.19 bits per heavy atom. The van der Waals surface area contributed by atoms with E-state index in [1.807, 2.05) is 43.3 Å². The van der Waals surface area contributed by atoms with Crippen molar-refractivity contribution in [2.24, 2.45) is 5.92 Å². The molecular weight excluding hydrogens is 591 g/mol. The van der Waals surface area contributed by atoms with Gasteiger partial charge in [0.15, 0.2) is 0 Å². The average Bonchev–Trinajstić information content (AvgIpc) is 3.49. The molecule has 4 atom stereocenters. The van der Waals surface area contributed by atoms with Gasteiger partial charge in [-0.15, -0.1) is 23.2 Å². The molecule has 2 N–H and O–H groups in total. The number of allylic oxidation sites excluding steroid dienone is 3. The van der Waals surface area contributed by atoms with Gasteiger partial charge in [-0.1, -0.05) is 37.3 Å². The number of nitrogens with one attached hydrogen (secondary N) is 2. The van der Waals surface area contributed by atoms with Gasteiger partial charge in [-0.3, -0.25) is 15.0 Å². The number of carbonyl (C=O) groups excluding carboxylic acids is 3. The third-order valence-electron chi connectivity index (χ3n) is 8.30. The number of hydrogen-bond acceptors (Lipinski definition) is 5. The summed E-state index contributed by atoms with van der Waals surface area (Å²) in [4.78, 5) is 43.1. The van der Waals surface area contributed by atoms with Crippen molar-refractivity contribution in [3.05, 3.63) is 75.6 Å². The van der Waals surface area contributed by atoms with Crippen LogP contribution in [0.5, 0.6) is 5.75 Å². The number of halogens is 2. The summed E-state index contributed by atoms with van der Waals surface area (Å²) in [5.74, 6) is 1.05. The third-order valence-corrected chi connectivity index (χ3v) is 9.10. The van der Waals surface area contributed by atoms with Crippen LogP contribution in [-0.2, 0) is 16.0 Å². The molecule has 11 heteroatoms. The van der Waals surface area contributed by atoms with Crippen LogP contribution in [0.2, 0.25) is 0 Å². The van der Waals surface area contributed by atoms with Crippen LogP contribution in [0.1, 0.15) is 49.6 Å². The molecule has 1 aromatic heterocycles. The summed E-state index contributed by atoms with van der Waals surface area (Å²) in [6.07, 6.45) is 11.1. The number of rotatable bonds is 7. The average molecular weight is 626 g/mol. The van der Waals surface area contributed by atoms with E-state index in [0.717, 1.165) is 27.4 Å². The molecule has 226 valence electrons. The van der Waals surface area contributed by atoms with Crippen molar-refractivity contribution >= 4 is 53.4 Å². The number of ether oxygens (including phenoxy) is 2. The maximum Gasteiger partial charge on any atom is 0.416 e. The molecule has 0 radical (unpaired) electrons. The molecule has 0 saturated carbocycles. The summed E-state index contributed by atoms with van der Waals surface area (Å²) in [7, 11) is 0. The van der Waals surface area contributed by atoms with Crippen molar-refractivity contribution in [1.29, 1.82) is 0 Å². The van der Waals surface area contributed by atoms with E-state index < -0.39 is 17.0 Å². The van der Waals surface area contributed by atoms with E-state index in [-0.39, 0.29) is 29.8 Å². The van der Waals surface area contributed by atoms with Crippen molar-refractivity contribution in [2.45, 2.75) is 49.4 Å². The number of nitrogens with zero attached hydrogens (tertiary/aromatic N) is 2. The molecule has 2 aliphatic heterocycles. The van der Waals surface area contributed by atoms with Gasteiger partial charge in [0.25, 0.3) is 0 Å². The topological polar surface area (TPSA) is 104 Å². The predicted octanol–water partition coefficient (Wildman–Crippen LogP) is 4.08. The zero-order valence-corrected chi connectivity index (χ0v) is 25.6. The summed E-state index contributed by atoms with van der Waals surface area (Å²) in [6.45, 7) is 5.38. The van der Waals surface area contributed by atoms with Gasteiger partial charge in [0.2, 0.25) is 5.91 Å². The van der Waals surface area contributed by atoms with Crippen molar-refractivity contribution in [3.63, 3.8) is 0 Å². The van der Waals surface area contributed by atoms with E-state index in [0.29, 0.717) is 50.5 Å². The highest BCUT2D eigenvalue weighted by molar-refractivity contribution is 6.25. The van der Waals surface area contributed by atoms with Gasteiger partial charge in [-0.25, -0.2) is 9.59 Å². The van der Waals surface area contributed by atoms with Crippen LogP contribution >= 0.6 is 23.2 Å². The highest BCUT2D eigenvalue weighted by atomic mass is 35.5. The first kappa shape index (κ1) is 29.4. The number of aromatic amines is 1. The molecular formula is C32H34Cl2N4O5. The van der Waals surface area contributed by atoms with Crippen LogP contribution in [0.15, 0.2) is 48.3 Å². The number of carbonyl (C=O) groups is 3. The molecule has 6 rings (SSSR count). The predicted molar refractivity (Wildman–Crippen MR) is 164 cm³/mol. The van der Waals surface area contributed by atoms with Gasteiger partial charge in [-0.05, 0) is 67.5 Å². The van der Waals surface area contributed by atoms with Crippen LogP contribution in [-0.4, -0.2) is 69.3 Å². The maximum absolute atomic E-state index is 13.6. The molecule has 4 unspecified atom stereocenters. The summed E-state index contributed by atoms with van der Waals surface area (Å²) >= 11 is 13.0. The molecule has 1 fully saturated rings. The van der Waals surface area contributed by atoms with Crippen molar-refractivity contribution in [1.82, 2.24) is 20.1 Å². The fraction of sp³-hybridized carbons (Fsp3) is 0.406. The lowest BCUT2D eigenvalue weighted by molar-refractivity contribution is -0.118. The first-order chi connectivity index (χ1) is 20.6. The number of aromatic nitrogens is 1. The first-order valence-corrected chi connectivity index (χ1v) is 15.4. The molecule has 2 aromatic rings. The Kier molecular flexibility index (Phi) is 8.04. The number of fused-ring (bicyclic) bond motifs is 3. The highest BCUT2D eigenvalue weighted by Gasteiger charge is 2.36. The van der Waals surface area contributed by atoms with Gasteiger partial charge in [0.05, 0.1) is 16.9 Å². The van der Waals surface area contributed by atoms with E-state index in [2.05, 4.69) is 29.4 Å². The SMILES string of the molecule is CC1C=c2[nH]c3c(c2=CC1Cl)CCN(C(=O)OC1=CCC(C)(Cl)C=C1)C3c1ccc(OCCCN2CC(=O)NC2=O)cc1. The monoisotopic (exact) mass is 624 g/mol. The maximum atomic E-state index is 13.6. The van der Waals surface area contributed by atoms with Crippen molar-refractivity contribution in [3.8, 4) is 5.75 Å².